The highest BCUT2D eigenvalue weighted by atomic mass is 16.2. The fourth-order valence-corrected chi connectivity index (χ4v) is 3.35. The van der Waals surface area contributed by atoms with Gasteiger partial charge < -0.3 is 15.5 Å². The Balaban J connectivity index is 1.40. The average molecular weight is 366 g/mol. The molecule has 27 heavy (non-hydrogen) atoms. The van der Waals surface area contributed by atoms with E-state index in [0.717, 1.165) is 31.5 Å². The summed E-state index contributed by atoms with van der Waals surface area (Å²) in [5.41, 5.74) is 2.16. The van der Waals surface area contributed by atoms with Crippen LogP contribution in [0, 0.1) is 5.92 Å². The predicted molar refractivity (Wildman–Crippen MR) is 105 cm³/mol. The second-order valence-corrected chi connectivity index (χ2v) is 6.95. The first-order valence-electron chi connectivity index (χ1n) is 9.42. The van der Waals surface area contributed by atoms with Crippen molar-refractivity contribution in [3.8, 4) is 0 Å². The summed E-state index contributed by atoms with van der Waals surface area (Å²) >= 11 is 0. The normalized spacial score (nSPS) is 15.8. The lowest BCUT2D eigenvalue weighted by Crippen LogP contribution is -2.44. The predicted octanol–water partition coefficient (Wildman–Crippen LogP) is 2.29. The molecule has 1 aromatic carbocycles. The van der Waals surface area contributed by atoms with Gasteiger partial charge in [-0.15, -0.1) is 0 Å². The summed E-state index contributed by atoms with van der Waals surface area (Å²) in [7, 11) is 0. The second kappa shape index (κ2) is 9.16. The van der Waals surface area contributed by atoms with Gasteiger partial charge in [-0.25, -0.2) is 0 Å². The molecule has 1 aliphatic rings. The van der Waals surface area contributed by atoms with Crippen LogP contribution < -0.4 is 15.5 Å². The smallest absolute Gasteiger partial charge is 0.309 e. The topological polar surface area (TPSA) is 74.3 Å². The van der Waals surface area contributed by atoms with E-state index in [1.165, 1.54) is 5.69 Å². The number of aromatic nitrogens is 1. The van der Waals surface area contributed by atoms with Gasteiger partial charge in [-0.1, -0.05) is 30.3 Å². The molecule has 0 saturated carbocycles. The van der Waals surface area contributed by atoms with Crippen LogP contribution >= 0.6 is 0 Å². The number of pyridine rings is 1. The Hall–Kier alpha value is -2.89. The molecular weight excluding hydrogens is 340 g/mol. The zero-order valence-corrected chi connectivity index (χ0v) is 15.6. The third-order valence-electron chi connectivity index (χ3n) is 5.05. The summed E-state index contributed by atoms with van der Waals surface area (Å²) < 4.78 is 0. The number of hydrogen-bond acceptors (Lipinski definition) is 4. The maximum Gasteiger partial charge on any atom is 0.309 e. The molecule has 2 amide bonds. The lowest BCUT2D eigenvalue weighted by Gasteiger charge is -2.33. The number of benzene rings is 1. The van der Waals surface area contributed by atoms with Crippen LogP contribution in [0.2, 0.25) is 0 Å². The molecule has 0 radical (unpaired) electrons. The second-order valence-electron chi connectivity index (χ2n) is 6.95. The monoisotopic (exact) mass is 366 g/mol. The first kappa shape index (κ1) is 18.9. The van der Waals surface area contributed by atoms with Crippen LogP contribution in [0.4, 0.5) is 5.69 Å². The lowest BCUT2D eigenvalue weighted by atomic mass is 9.96. The van der Waals surface area contributed by atoms with E-state index in [1.807, 2.05) is 49.4 Å². The van der Waals surface area contributed by atoms with Gasteiger partial charge in [0.25, 0.3) is 0 Å². The van der Waals surface area contributed by atoms with E-state index in [9.17, 15) is 9.59 Å². The molecule has 1 atom stereocenters. The van der Waals surface area contributed by atoms with Crippen molar-refractivity contribution in [3.05, 3.63) is 60.4 Å². The van der Waals surface area contributed by atoms with Gasteiger partial charge in [0.1, 0.15) is 0 Å². The Morgan fingerprint density at radius 2 is 1.74 bits per heavy atom. The molecule has 6 nitrogen and oxygen atoms in total. The van der Waals surface area contributed by atoms with Gasteiger partial charge in [0, 0.05) is 37.7 Å². The molecule has 2 aromatic rings. The summed E-state index contributed by atoms with van der Waals surface area (Å²) in [6.45, 7) is 4.30. The number of piperidine rings is 1. The van der Waals surface area contributed by atoms with Gasteiger partial charge in [0.2, 0.25) is 0 Å². The molecule has 0 spiro atoms. The Morgan fingerprint density at radius 1 is 1.07 bits per heavy atom. The molecular formula is C21H26N4O2. The minimum atomic E-state index is -0.583. The highest BCUT2D eigenvalue weighted by molar-refractivity contribution is 6.35. The number of amides is 2. The lowest BCUT2D eigenvalue weighted by molar-refractivity contribution is -0.139. The van der Waals surface area contributed by atoms with Gasteiger partial charge in [0.15, 0.2) is 0 Å². The Kier molecular flexibility index (Phi) is 6.41. The zero-order valence-electron chi connectivity index (χ0n) is 15.6. The molecule has 3 rings (SSSR count). The van der Waals surface area contributed by atoms with Crippen molar-refractivity contribution in [2.75, 3.05) is 24.5 Å². The van der Waals surface area contributed by atoms with Crippen molar-refractivity contribution >= 4 is 17.5 Å². The Morgan fingerprint density at radius 3 is 2.41 bits per heavy atom. The van der Waals surface area contributed by atoms with E-state index in [4.69, 9.17) is 0 Å². The number of nitrogens with one attached hydrogen (secondary N) is 2. The summed E-state index contributed by atoms with van der Waals surface area (Å²) in [6.07, 6.45) is 5.59. The van der Waals surface area contributed by atoms with E-state index >= 15 is 0 Å². The summed E-state index contributed by atoms with van der Waals surface area (Å²) in [4.78, 5) is 30.6. The molecule has 2 N–H and O–H groups in total. The third-order valence-corrected chi connectivity index (χ3v) is 5.05. The number of carbonyl (C=O) groups excluding carboxylic acids is 2. The molecule has 1 fully saturated rings. The van der Waals surface area contributed by atoms with E-state index in [0.29, 0.717) is 12.5 Å². The van der Waals surface area contributed by atoms with E-state index in [-0.39, 0.29) is 6.04 Å². The molecule has 1 aromatic heterocycles. The maximum absolute atomic E-state index is 12.1. The molecule has 6 heteroatoms. The van der Waals surface area contributed by atoms with Crippen LogP contribution in [0.3, 0.4) is 0 Å². The minimum absolute atomic E-state index is 0.201. The molecule has 2 heterocycles. The first-order chi connectivity index (χ1) is 13.1. The van der Waals surface area contributed by atoms with E-state index < -0.39 is 11.8 Å². The zero-order chi connectivity index (χ0) is 19.1. The van der Waals surface area contributed by atoms with Crippen LogP contribution in [0.1, 0.15) is 31.4 Å². The van der Waals surface area contributed by atoms with Crippen molar-refractivity contribution in [1.82, 2.24) is 15.6 Å². The summed E-state index contributed by atoms with van der Waals surface area (Å²) in [5, 5.41) is 5.53. The van der Waals surface area contributed by atoms with Crippen LogP contribution in [-0.2, 0) is 9.59 Å². The molecule has 1 aliphatic heterocycles. The SMILES string of the molecule is C[C@@H](NC(=O)C(=O)NCC1CCN(c2ccncc2)CC1)c1ccccc1. The summed E-state index contributed by atoms with van der Waals surface area (Å²) in [5.74, 6) is -0.749. The number of rotatable bonds is 5. The number of carbonyl (C=O) groups is 2. The fourth-order valence-electron chi connectivity index (χ4n) is 3.35. The molecule has 142 valence electrons. The van der Waals surface area contributed by atoms with Crippen molar-refractivity contribution in [1.29, 1.82) is 0 Å². The number of nitrogens with zero attached hydrogens (tertiary/aromatic N) is 2. The fraction of sp³-hybridized carbons (Fsp3) is 0.381. The van der Waals surface area contributed by atoms with Crippen LogP contribution in [0.25, 0.3) is 0 Å². The molecule has 0 bridgehead atoms. The molecule has 0 unspecified atom stereocenters. The quantitative estimate of drug-likeness (QED) is 0.797. The third kappa shape index (κ3) is 5.29. The van der Waals surface area contributed by atoms with Gasteiger partial charge >= 0.3 is 11.8 Å². The van der Waals surface area contributed by atoms with E-state index in [2.05, 4.69) is 20.5 Å². The standard InChI is InChI=1S/C21H26N4O2/c1-16(18-5-3-2-4-6-18)24-21(27)20(26)23-15-17-9-13-25(14-10-17)19-7-11-22-12-8-19/h2-8,11-12,16-17H,9-10,13-15H2,1H3,(H,23,26)(H,24,27)/t16-/m1/s1. The van der Waals surface area contributed by atoms with Crippen LogP contribution in [0.15, 0.2) is 54.9 Å². The molecule has 0 aliphatic carbocycles. The summed E-state index contributed by atoms with van der Waals surface area (Å²) in [6, 6.07) is 13.4. The Labute approximate surface area is 160 Å². The average Bonchev–Trinajstić information content (AvgIpc) is 2.73. The number of anilines is 1. The van der Waals surface area contributed by atoms with Crippen molar-refractivity contribution in [2.24, 2.45) is 5.92 Å². The van der Waals surface area contributed by atoms with Crippen LogP contribution in [0.5, 0.6) is 0 Å². The van der Waals surface area contributed by atoms with Crippen molar-refractivity contribution < 1.29 is 9.59 Å². The van der Waals surface area contributed by atoms with Crippen LogP contribution in [-0.4, -0.2) is 36.4 Å². The molecule has 1 saturated heterocycles. The van der Waals surface area contributed by atoms with Gasteiger partial charge in [-0.05, 0) is 43.4 Å². The minimum Gasteiger partial charge on any atom is -0.371 e. The van der Waals surface area contributed by atoms with Gasteiger partial charge in [-0.3, -0.25) is 14.6 Å². The van der Waals surface area contributed by atoms with Gasteiger partial charge in [0.05, 0.1) is 6.04 Å². The largest absolute Gasteiger partial charge is 0.371 e. The highest BCUT2D eigenvalue weighted by Gasteiger charge is 2.22. The Bertz CT molecular complexity index is 743. The highest BCUT2D eigenvalue weighted by Crippen LogP contribution is 2.22. The van der Waals surface area contributed by atoms with Crippen molar-refractivity contribution in [2.45, 2.75) is 25.8 Å². The van der Waals surface area contributed by atoms with E-state index in [1.54, 1.807) is 12.4 Å². The number of hydrogen-bond donors (Lipinski definition) is 2. The van der Waals surface area contributed by atoms with Crippen molar-refractivity contribution in [3.63, 3.8) is 0 Å². The van der Waals surface area contributed by atoms with Gasteiger partial charge in [-0.2, -0.15) is 0 Å². The first-order valence-corrected chi connectivity index (χ1v) is 9.42. The maximum atomic E-state index is 12.1.